The number of amides is 1. The molecular weight excluding hydrogens is 480 g/mol. The van der Waals surface area contributed by atoms with E-state index in [1.165, 1.54) is 0 Å². The van der Waals surface area contributed by atoms with E-state index in [4.69, 9.17) is 28.2 Å². The summed E-state index contributed by atoms with van der Waals surface area (Å²) in [6, 6.07) is 21.4. The Hall–Kier alpha value is -4.00. The summed E-state index contributed by atoms with van der Waals surface area (Å²) >= 11 is 11.5. The predicted octanol–water partition coefficient (Wildman–Crippen LogP) is 7.33. The van der Waals surface area contributed by atoms with Crippen LogP contribution in [0.15, 0.2) is 95.4 Å². The van der Waals surface area contributed by atoms with Gasteiger partial charge in [0.05, 0.1) is 5.56 Å². The number of aromatic nitrogens is 1. The quantitative estimate of drug-likeness (QED) is 0.282. The molecule has 1 heterocycles. The summed E-state index contributed by atoms with van der Waals surface area (Å²) in [6.45, 7) is 0. The summed E-state index contributed by atoms with van der Waals surface area (Å²) in [5.41, 5.74) is 3.68. The number of benzene rings is 3. The topological polar surface area (TPSA) is 75.4 Å². The van der Waals surface area contributed by atoms with E-state index in [0.29, 0.717) is 28.3 Å². The molecule has 0 aliphatic heterocycles. The highest BCUT2D eigenvalue weighted by molar-refractivity contribution is 7.80. The van der Waals surface area contributed by atoms with Gasteiger partial charge in [0.2, 0.25) is 11.8 Å². The first kappa shape index (κ1) is 22.8. The van der Waals surface area contributed by atoms with Crippen LogP contribution in [0, 0.1) is 0 Å². The monoisotopic (exact) mass is 498 g/mol. The van der Waals surface area contributed by atoms with Gasteiger partial charge >= 0.3 is 0 Å². The maximum atomic E-state index is 12.8. The molecule has 5 rings (SSSR count). The van der Waals surface area contributed by atoms with Gasteiger partial charge in [0.25, 0.3) is 5.91 Å². The number of carbonyl (C=O) groups is 1. The average Bonchev–Trinajstić information content (AvgIpc) is 3.28. The molecule has 35 heavy (non-hydrogen) atoms. The first-order valence-corrected chi connectivity index (χ1v) is 11.6. The van der Waals surface area contributed by atoms with Gasteiger partial charge in [0, 0.05) is 27.4 Å². The molecule has 1 aliphatic rings. The van der Waals surface area contributed by atoms with Gasteiger partial charge in [0.1, 0.15) is 11.4 Å². The van der Waals surface area contributed by atoms with Gasteiger partial charge in [-0.2, -0.15) is 0 Å². The van der Waals surface area contributed by atoms with Crippen LogP contribution in [0.3, 0.4) is 0 Å². The molecule has 3 aromatic carbocycles. The smallest absolute Gasteiger partial charge is 0.258 e. The summed E-state index contributed by atoms with van der Waals surface area (Å²) in [5, 5.41) is 14.2. The van der Waals surface area contributed by atoms with Gasteiger partial charge in [-0.05, 0) is 53.6 Å². The van der Waals surface area contributed by atoms with Crippen molar-refractivity contribution >= 4 is 46.0 Å². The zero-order valence-corrected chi connectivity index (χ0v) is 19.9. The molecule has 0 atom stereocenters. The average molecular weight is 499 g/mol. The van der Waals surface area contributed by atoms with Gasteiger partial charge in [-0.3, -0.25) is 10.1 Å². The lowest BCUT2D eigenvalue weighted by molar-refractivity contribution is 0.102. The van der Waals surface area contributed by atoms with E-state index in [-0.39, 0.29) is 23.4 Å². The number of halogens is 1. The van der Waals surface area contributed by atoms with Crippen LogP contribution in [0.25, 0.3) is 28.2 Å². The summed E-state index contributed by atoms with van der Waals surface area (Å²) in [6.07, 6.45) is 6.32. The van der Waals surface area contributed by atoms with Crippen molar-refractivity contribution in [2.45, 2.75) is 6.42 Å². The van der Waals surface area contributed by atoms with E-state index in [9.17, 15) is 9.90 Å². The van der Waals surface area contributed by atoms with E-state index in [1.54, 1.807) is 42.5 Å². The molecule has 0 saturated heterocycles. The van der Waals surface area contributed by atoms with Crippen LogP contribution in [-0.4, -0.2) is 20.9 Å². The fourth-order valence-electron chi connectivity index (χ4n) is 3.77. The van der Waals surface area contributed by atoms with Crippen LogP contribution in [-0.2, 0) is 0 Å². The van der Waals surface area contributed by atoms with E-state index in [1.807, 2.05) is 48.6 Å². The largest absolute Gasteiger partial charge is 0.507 e. The molecule has 5 nitrogen and oxygen atoms in total. The molecular formula is C28H19ClN2O3S. The fourth-order valence-corrected chi connectivity index (χ4v) is 4.18. The van der Waals surface area contributed by atoms with Gasteiger partial charge in [-0.15, -0.1) is 0 Å². The van der Waals surface area contributed by atoms with Gasteiger partial charge in [-0.1, -0.05) is 72.4 Å². The molecule has 1 aliphatic carbocycles. The molecule has 0 radical (unpaired) electrons. The Bertz CT molecular complexity index is 1510. The molecule has 4 aromatic rings. The van der Waals surface area contributed by atoms with Crippen molar-refractivity contribution in [1.82, 2.24) is 4.98 Å². The summed E-state index contributed by atoms with van der Waals surface area (Å²) in [5.74, 6) is -0.00462. The summed E-state index contributed by atoms with van der Waals surface area (Å²) < 4.78 is 5.98. The number of nitrogens with zero attached hydrogens (tertiary/aromatic N) is 1. The fraction of sp³-hybridized carbons (Fsp3) is 0.0357. The highest BCUT2D eigenvalue weighted by Crippen LogP contribution is 2.38. The van der Waals surface area contributed by atoms with E-state index in [2.05, 4.69) is 10.3 Å². The molecule has 172 valence electrons. The number of phenols is 1. The number of thiocarbonyl (C=S) groups is 1. The number of hydrogen-bond acceptors (Lipinski definition) is 5. The number of rotatable bonds is 5. The van der Waals surface area contributed by atoms with Crippen LogP contribution >= 0.6 is 23.8 Å². The maximum absolute atomic E-state index is 12.8. The summed E-state index contributed by atoms with van der Waals surface area (Å²) in [4.78, 5) is 18.2. The molecule has 2 N–H and O–H groups in total. The normalized spacial score (nSPS) is 12.9. The highest BCUT2D eigenvalue weighted by atomic mass is 35.5. The number of allylic oxidation sites excluding steroid dienone is 4. The Labute approximate surface area is 212 Å². The highest BCUT2D eigenvalue weighted by Gasteiger charge is 2.22. The lowest BCUT2D eigenvalue weighted by Gasteiger charge is -2.07. The molecule has 0 spiro atoms. The number of hydrogen-bond donors (Lipinski definition) is 2. The third-order valence-corrected chi connectivity index (χ3v) is 6.00. The maximum Gasteiger partial charge on any atom is 0.258 e. The Morgan fingerprint density at radius 3 is 2.57 bits per heavy atom. The minimum absolute atomic E-state index is 0.0140. The number of oxazole rings is 1. The second kappa shape index (κ2) is 9.70. The molecule has 7 heteroatoms. The predicted molar refractivity (Wildman–Crippen MR) is 143 cm³/mol. The first-order chi connectivity index (χ1) is 17.0. The van der Waals surface area contributed by atoms with Gasteiger partial charge in [0.15, 0.2) is 0 Å². The van der Waals surface area contributed by atoms with E-state index in [0.717, 1.165) is 21.6 Å². The van der Waals surface area contributed by atoms with Crippen molar-refractivity contribution in [1.29, 1.82) is 0 Å². The van der Waals surface area contributed by atoms with Crippen LogP contribution < -0.4 is 5.32 Å². The third-order valence-electron chi connectivity index (χ3n) is 5.48. The second-order valence-electron chi connectivity index (χ2n) is 7.93. The lowest BCUT2D eigenvalue weighted by atomic mass is 10.0. The molecule has 1 aromatic heterocycles. The Balaban J connectivity index is 1.54. The first-order valence-electron chi connectivity index (χ1n) is 10.9. The van der Waals surface area contributed by atoms with E-state index >= 15 is 0 Å². The van der Waals surface area contributed by atoms with Crippen molar-refractivity contribution in [3.8, 4) is 28.3 Å². The molecule has 0 bridgehead atoms. The Morgan fingerprint density at radius 1 is 1.03 bits per heavy atom. The molecule has 0 fully saturated rings. The zero-order chi connectivity index (χ0) is 24.4. The standard InChI is InChI=1S/C28H19ClN2O3S/c29-21-10-4-8-18(14-21)19-12-13-23(24(32)16-19)27-30-25(20-9-5-11-22(35)15-20)28(34-27)31-26(33)17-6-2-1-3-7-17/h1-10,12-16,32H,11H2,(H,31,33). The minimum atomic E-state index is -0.335. The molecule has 1 amide bonds. The van der Waals surface area contributed by atoms with Crippen molar-refractivity contribution in [3.63, 3.8) is 0 Å². The van der Waals surface area contributed by atoms with Crippen LogP contribution in [0.2, 0.25) is 5.02 Å². The SMILES string of the molecule is O=C(Nc1oc(-c2ccc(-c3cccc(Cl)c3)cc2O)nc1C1=CC(=S)CC=C1)c1ccccc1. The number of nitrogens with one attached hydrogen (secondary N) is 1. The van der Waals surface area contributed by atoms with Crippen LogP contribution in [0.5, 0.6) is 5.75 Å². The Morgan fingerprint density at radius 2 is 1.83 bits per heavy atom. The van der Waals surface area contributed by atoms with E-state index < -0.39 is 0 Å². The zero-order valence-electron chi connectivity index (χ0n) is 18.4. The van der Waals surface area contributed by atoms with Gasteiger partial charge in [-0.25, -0.2) is 4.98 Å². The lowest BCUT2D eigenvalue weighted by Crippen LogP contribution is -2.12. The third kappa shape index (κ3) is 4.94. The number of carbonyl (C=O) groups excluding carboxylic acids is 1. The van der Waals surface area contributed by atoms with Crippen LogP contribution in [0.4, 0.5) is 5.88 Å². The molecule has 0 saturated carbocycles. The number of anilines is 1. The van der Waals surface area contributed by atoms with Crippen molar-refractivity contribution < 1.29 is 14.3 Å². The van der Waals surface area contributed by atoms with Crippen molar-refractivity contribution in [2.24, 2.45) is 0 Å². The molecule has 0 unspecified atom stereocenters. The number of phenolic OH excluding ortho intramolecular Hbond substituents is 1. The van der Waals surface area contributed by atoms with Crippen molar-refractivity contribution in [2.75, 3.05) is 5.32 Å². The Kier molecular flexibility index (Phi) is 6.31. The van der Waals surface area contributed by atoms with Crippen LogP contribution in [0.1, 0.15) is 22.5 Å². The van der Waals surface area contributed by atoms with Gasteiger partial charge < -0.3 is 9.52 Å². The number of aromatic hydroxyl groups is 1. The summed E-state index contributed by atoms with van der Waals surface area (Å²) in [7, 11) is 0. The minimum Gasteiger partial charge on any atom is -0.507 e. The second-order valence-corrected chi connectivity index (χ2v) is 8.89. The van der Waals surface area contributed by atoms with Crippen molar-refractivity contribution in [3.05, 3.63) is 107 Å².